The van der Waals surface area contributed by atoms with E-state index in [2.05, 4.69) is 5.32 Å². The number of nitrogens with zero attached hydrogens (tertiary/aromatic N) is 1. The molecule has 0 aliphatic rings. The highest BCUT2D eigenvalue weighted by atomic mass is 16.6. The van der Waals surface area contributed by atoms with Crippen molar-refractivity contribution in [1.82, 2.24) is 0 Å². The molecule has 0 aliphatic heterocycles. The van der Waals surface area contributed by atoms with Gasteiger partial charge in [0.2, 0.25) is 0 Å². The predicted molar refractivity (Wildman–Crippen MR) is 94.1 cm³/mol. The van der Waals surface area contributed by atoms with E-state index < -0.39 is 4.92 Å². The summed E-state index contributed by atoms with van der Waals surface area (Å²) < 4.78 is 0. The molecule has 118 valence electrons. The van der Waals surface area contributed by atoms with Crippen LogP contribution in [0.3, 0.4) is 0 Å². The number of rotatable bonds is 5. The standard InChI is InChI=1S/C19H14N2O3/c22-19(18-10-3-6-14-5-1-2-9-17(14)18)11-12-20-15-7-4-8-16(13-15)21(23)24/h1-13,20H/b12-11-. The number of nitrogens with one attached hydrogen (secondary N) is 1. The molecule has 0 saturated carbocycles. The Morgan fingerprint density at radius 1 is 1.00 bits per heavy atom. The molecule has 1 N–H and O–H groups in total. The quantitative estimate of drug-likeness (QED) is 0.324. The van der Waals surface area contributed by atoms with E-state index in [9.17, 15) is 14.9 Å². The van der Waals surface area contributed by atoms with Crippen molar-refractivity contribution in [3.8, 4) is 0 Å². The first-order valence-electron chi connectivity index (χ1n) is 7.35. The molecule has 3 aromatic rings. The lowest BCUT2D eigenvalue weighted by Crippen LogP contribution is -1.98. The molecule has 0 fully saturated rings. The second kappa shape index (κ2) is 6.75. The first-order chi connectivity index (χ1) is 11.6. The minimum absolute atomic E-state index is 0.00576. The Morgan fingerprint density at radius 2 is 1.75 bits per heavy atom. The predicted octanol–water partition coefficient (Wildman–Crippen LogP) is 4.56. The van der Waals surface area contributed by atoms with E-state index >= 15 is 0 Å². The zero-order chi connectivity index (χ0) is 16.9. The van der Waals surface area contributed by atoms with Crippen LogP contribution in [0, 0.1) is 10.1 Å². The maximum absolute atomic E-state index is 12.4. The summed E-state index contributed by atoms with van der Waals surface area (Å²) in [6.07, 6.45) is 2.91. The van der Waals surface area contributed by atoms with Crippen LogP contribution in [-0.2, 0) is 0 Å². The summed E-state index contributed by atoms with van der Waals surface area (Å²) in [5, 5.41) is 15.5. The van der Waals surface area contributed by atoms with Crippen molar-refractivity contribution in [3.05, 3.63) is 94.7 Å². The molecular weight excluding hydrogens is 304 g/mol. The maximum Gasteiger partial charge on any atom is 0.271 e. The van der Waals surface area contributed by atoms with Crippen molar-refractivity contribution in [2.45, 2.75) is 0 Å². The summed E-state index contributed by atoms with van der Waals surface area (Å²) in [6, 6.07) is 19.4. The fourth-order valence-corrected chi connectivity index (χ4v) is 2.45. The summed E-state index contributed by atoms with van der Waals surface area (Å²) in [7, 11) is 0. The molecular formula is C19H14N2O3. The fourth-order valence-electron chi connectivity index (χ4n) is 2.45. The molecule has 0 aliphatic carbocycles. The van der Waals surface area contributed by atoms with Crippen LogP contribution in [0.15, 0.2) is 79.0 Å². The van der Waals surface area contributed by atoms with Gasteiger partial charge in [-0.25, -0.2) is 0 Å². The summed E-state index contributed by atoms with van der Waals surface area (Å²) in [5.74, 6) is -0.135. The Bertz CT molecular complexity index is 943. The van der Waals surface area contributed by atoms with Crippen LogP contribution in [0.25, 0.3) is 10.8 Å². The zero-order valence-corrected chi connectivity index (χ0v) is 12.7. The molecule has 24 heavy (non-hydrogen) atoms. The monoisotopic (exact) mass is 318 g/mol. The van der Waals surface area contributed by atoms with Gasteiger partial charge >= 0.3 is 0 Å². The average molecular weight is 318 g/mol. The minimum Gasteiger partial charge on any atom is -0.361 e. The summed E-state index contributed by atoms with van der Waals surface area (Å²) in [5.41, 5.74) is 1.16. The van der Waals surface area contributed by atoms with Gasteiger partial charge < -0.3 is 5.32 Å². The van der Waals surface area contributed by atoms with Gasteiger partial charge in [0.15, 0.2) is 5.78 Å². The van der Waals surface area contributed by atoms with E-state index in [0.717, 1.165) is 10.8 Å². The molecule has 5 nitrogen and oxygen atoms in total. The second-order valence-electron chi connectivity index (χ2n) is 5.18. The van der Waals surface area contributed by atoms with Crippen molar-refractivity contribution in [3.63, 3.8) is 0 Å². The van der Waals surface area contributed by atoms with Crippen LogP contribution in [0.4, 0.5) is 11.4 Å². The van der Waals surface area contributed by atoms with Gasteiger partial charge in [-0.05, 0) is 16.8 Å². The Hall–Kier alpha value is -3.47. The Morgan fingerprint density at radius 3 is 2.58 bits per heavy atom. The van der Waals surface area contributed by atoms with Gasteiger partial charge in [-0.2, -0.15) is 0 Å². The molecule has 0 amide bonds. The lowest BCUT2D eigenvalue weighted by atomic mass is 10.0. The van der Waals surface area contributed by atoms with Gasteiger partial charge in [-0.1, -0.05) is 48.5 Å². The number of non-ortho nitro benzene ring substituents is 1. The minimum atomic E-state index is -0.462. The van der Waals surface area contributed by atoms with Gasteiger partial charge in [0.1, 0.15) is 0 Å². The number of hydrogen-bond acceptors (Lipinski definition) is 4. The van der Waals surface area contributed by atoms with E-state index in [1.54, 1.807) is 18.2 Å². The lowest BCUT2D eigenvalue weighted by molar-refractivity contribution is -0.384. The highest BCUT2D eigenvalue weighted by Gasteiger charge is 2.07. The fraction of sp³-hybridized carbons (Fsp3) is 0. The van der Waals surface area contributed by atoms with Gasteiger partial charge in [0, 0.05) is 35.7 Å². The third kappa shape index (κ3) is 3.30. The average Bonchev–Trinajstić information content (AvgIpc) is 2.61. The van der Waals surface area contributed by atoms with Crippen molar-refractivity contribution < 1.29 is 9.72 Å². The normalized spacial score (nSPS) is 10.8. The van der Waals surface area contributed by atoms with Gasteiger partial charge in [-0.15, -0.1) is 0 Å². The SMILES string of the molecule is O=C(/C=C\Nc1cccc([N+](=O)[O-])c1)c1cccc2ccccc12. The first-order valence-corrected chi connectivity index (χ1v) is 7.35. The van der Waals surface area contributed by atoms with E-state index in [-0.39, 0.29) is 11.5 Å². The molecule has 0 aromatic heterocycles. The third-order valence-electron chi connectivity index (χ3n) is 3.60. The van der Waals surface area contributed by atoms with E-state index in [4.69, 9.17) is 0 Å². The van der Waals surface area contributed by atoms with Gasteiger partial charge in [0.05, 0.1) is 4.92 Å². The molecule has 0 atom stereocenters. The number of allylic oxidation sites excluding steroid dienone is 1. The Labute approximate surface area is 138 Å². The Balaban J connectivity index is 1.78. The molecule has 0 spiro atoms. The number of fused-ring (bicyclic) bond motifs is 1. The van der Waals surface area contributed by atoms with Crippen LogP contribution in [0.5, 0.6) is 0 Å². The number of carbonyl (C=O) groups is 1. The van der Waals surface area contributed by atoms with Crippen molar-refractivity contribution in [2.24, 2.45) is 0 Å². The van der Waals surface area contributed by atoms with Crippen LogP contribution in [-0.4, -0.2) is 10.7 Å². The molecule has 0 unspecified atom stereocenters. The van der Waals surface area contributed by atoms with Crippen LogP contribution in [0.2, 0.25) is 0 Å². The van der Waals surface area contributed by atoms with E-state index in [1.807, 2.05) is 36.4 Å². The molecule has 0 radical (unpaired) electrons. The van der Waals surface area contributed by atoms with Crippen molar-refractivity contribution in [1.29, 1.82) is 0 Å². The second-order valence-corrected chi connectivity index (χ2v) is 5.18. The number of carbonyl (C=O) groups excluding carboxylic acids is 1. The van der Waals surface area contributed by atoms with Crippen molar-refractivity contribution >= 4 is 27.9 Å². The number of anilines is 1. The summed E-state index contributed by atoms with van der Waals surface area (Å²) >= 11 is 0. The zero-order valence-electron chi connectivity index (χ0n) is 12.7. The highest BCUT2D eigenvalue weighted by molar-refractivity contribution is 6.13. The summed E-state index contributed by atoms with van der Waals surface area (Å²) in [6.45, 7) is 0. The van der Waals surface area contributed by atoms with E-state index in [0.29, 0.717) is 11.3 Å². The number of benzene rings is 3. The number of nitro groups is 1. The van der Waals surface area contributed by atoms with Crippen molar-refractivity contribution in [2.75, 3.05) is 5.32 Å². The van der Waals surface area contributed by atoms with Crippen LogP contribution < -0.4 is 5.32 Å². The molecule has 0 bridgehead atoms. The Kier molecular flexibility index (Phi) is 4.34. The number of nitro benzene ring substituents is 1. The number of ketones is 1. The van der Waals surface area contributed by atoms with Crippen LogP contribution >= 0.6 is 0 Å². The topological polar surface area (TPSA) is 72.2 Å². The lowest BCUT2D eigenvalue weighted by Gasteiger charge is -2.03. The molecule has 0 heterocycles. The number of hydrogen-bond donors (Lipinski definition) is 1. The smallest absolute Gasteiger partial charge is 0.271 e. The molecule has 3 rings (SSSR count). The first kappa shape index (κ1) is 15.4. The van der Waals surface area contributed by atoms with E-state index in [1.165, 1.54) is 24.4 Å². The molecule has 3 aromatic carbocycles. The molecule has 0 saturated heterocycles. The van der Waals surface area contributed by atoms with Crippen LogP contribution in [0.1, 0.15) is 10.4 Å². The third-order valence-corrected chi connectivity index (χ3v) is 3.60. The van der Waals surface area contributed by atoms with Gasteiger partial charge in [0.25, 0.3) is 5.69 Å². The summed E-state index contributed by atoms with van der Waals surface area (Å²) in [4.78, 5) is 22.7. The molecule has 5 heteroatoms. The highest BCUT2D eigenvalue weighted by Crippen LogP contribution is 2.20. The largest absolute Gasteiger partial charge is 0.361 e. The van der Waals surface area contributed by atoms with Gasteiger partial charge in [-0.3, -0.25) is 14.9 Å². The maximum atomic E-state index is 12.4.